The summed E-state index contributed by atoms with van der Waals surface area (Å²) in [7, 11) is 0. The molecule has 0 aromatic carbocycles. The largest absolute Gasteiger partial charge is 0.412 e. The molecule has 0 atom stereocenters. The fourth-order valence-electron chi connectivity index (χ4n) is 0. The standard InChI is InChI=1S/Mo.4H2O/h;4*1H2. The SMILES string of the molecule is O.O.O.O.[Mo]. The predicted molar refractivity (Wildman–Crippen MR) is 14.5 cm³/mol. The summed E-state index contributed by atoms with van der Waals surface area (Å²) in [4.78, 5) is 0. The van der Waals surface area contributed by atoms with Gasteiger partial charge in [0.2, 0.25) is 0 Å². The molecule has 0 amide bonds. The van der Waals surface area contributed by atoms with Crippen molar-refractivity contribution in [2.75, 3.05) is 0 Å². The smallest absolute Gasteiger partial charge is 0 e. The normalized spacial score (nSPS) is 0. The van der Waals surface area contributed by atoms with Crippen molar-refractivity contribution in [3.8, 4) is 0 Å². The first-order valence-corrected chi connectivity index (χ1v) is 0. The van der Waals surface area contributed by atoms with E-state index >= 15 is 0 Å². The summed E-state index contributed by atoms with van der Waals surface area (Å²) in [6, 6.07) is 0. The van der Waals surface area contributed by atoms with E-state index in [-0.39, 0.29) is 43.0 Å². The average molecular weight is 168 g/mol. The first-order chi connectivity index (χ1) is 0. The summed E-state index contributed by atoms with van der Waals surface area (Å²) in [5.74, 6) is 0. The topological polar surface area (TPSA) is 126 Å². The van der Waals surface area contributed by atoms with E-state index in [2.05, 4.69) is 0 Å². The Morgan fingerprint density at radius 2 is 0.400 bits per heavy atom. The Labute approximate surface area is 43.7 Å². The molecule has 0 aromatic heterocycles. The van der Waals surface area contributed by atoms with Gasteiger partial charge in [-0.25, -0.2) is 0 Å². The van der Waals surface area contributed by atoms with E-state index in [1.807, 2.05) is 0 Å². The maximum Gasteiger partial charge on any atom is 0 e. The van der Waals surface area contributed by atoms with Gasteiger partial charge in [0.1, 0.15) is 0 Å². The van der Waals surface area contributed by atoms with Crippen molar-refractivity contribution in [3.63, 3.8) is 0 Å². The van der Waals surface area contributed by atoms with Gasteiger partial charge in [-0.2, -0.15) is 0 Å². The van der Waals surface area contributed by atoms with Crippen LogP contribution in [0, 0.1) is 0 Å². The summed E-state index contributed by atoms with van der Waals surface area (Å²) in [6.07, 6.45) is 0. The van der Waals surface area contributed by atoms with Crippen molar-refractivity contribution in [3.05, 3.63) is 0 Å². The number of hydrogen-bond donors (Lipinski definition) is 0. The van der Waals surface area contributed by atoms with E-state index < -0.39 is 0 Å². The molecule has 8 N–H and O–H groups in total. The third-order valence-corrected chi connectivity index (χ3v) is 0. The number of hydrogen-bond acceptors (Lipinski definition) is 0. The van der Waals surface area contributed by atoms with Gasteiger partial charge in [-0.05, 0) is 0 Å². The first-order valence-electron chi connectivity index (χ1n) is 0. The summed E-state index contributed by atoms with van der Waals surface area (Å²) in [5.41, 5.74) is 0. The van der Waals surface area contributed by atoms with Crippen LogP contribution in [0.25, 0.3) is 0 Å². The second-order valence-electron chi connectivity index (χ2n) is 0. The quantitative estimate of drug-likeness (QED) is 0.336. The van der Waals surface area contributed by atoms with Gasteiger partial charge < -0.3 is 21.9 Å². The molecule has 0 unspecified atom stereocenters. The van der Waals surface area contributed by atoms with Crippen molar-refractivity contribution >= 4 is 0 Å². The van der Waals surface area contributed by atoms with Gasteiger partial charge in [-0.3, -0.25) is 0 Å². The minimum Gasteiger partial charge on any atom is -0.412 e. The molecule has 4 nitrogen and oxygen atoms in total. The van der Waals surface area contributed by atoms with Crippen LogP contribution in [0.5, 0.6) is 0 Å². The maximum absolute atomic E-state index is 0. The van der Waals surface area contributed by atoms with Gasteiger partial charge in [0.15, 0.2) is 0 Å². The molecule has 0 fully saturated rings. The summed E-state index contributed by atoms with van der Waals surface area (Å²) >= 11 is 0. The summed E-state index contributed by atoms with van der Waals surface area (Å²) in [5, 5.41) is 0. The Hall–Kier alpha value is 0.528. The fraction of sp³-hybridized carbons (Fsp3) is 0. The zero-order valence-corrected chi connectivity index (χ0v) is 4.42. The molecule has 5 heteroatoms. The van der Waals surface area contributed by atoms with E-state index in [9.17, 15) is 0 Å². The van der Waals surface area contributed by atoms with Gasteiger partial charge in [-0.15, -0.1) is 0 Å². The van der Waals surface area contributed by atoms with Crippen molar-refractivity contribution in [2.45, 2.75) is 0 Å². The molecule has 0 rings (SSSR count). The molecule has 0 aliphatic carbocycles. The third kappa shape index (κ3) is 104. The Morgan fingerprint density at radius 3 is 0.400 bits per heavy atom. The van der Waals surface area contributed by atoms with E-state index in [0.29, 0.717) is 0 Å². The molecule has 38 valence electrons. The second kappa shape index (κ2) is 202. The predicted octanol–water partition coefficient (Wildman–Crippen LogP) is -3.30. The Balaban J connectivity index is 0. The van der Waals surface area contributed by atoms with Gasteiger partial charge in [0.25, 0.3) is 0 Å². The van der Waals surface area contributed by atoms with E-state index in [1.54, 1.807) is 0 Å². The molecule has 0 aromatic rings. The van der Waals surface area contributed by atoms with Crippen LogP contribution in [0.3, 0.4) is 0 Å². The Morgan fingerprint density at radius 1 is 0.400 bits per heavy atom. The molecule has 0 bridgehead atoms. The van der Waals surface area contributed by atoms with Crippen LogP contribution < -0.4 is 0 Å². The maximum atomic E-state index is 0. The monoisotopic (exact) mass is 170 g/mol. The molecule has 0 heterocycles. The van der Waals surface area contributed by atoms with Crippen LogP contribution in [-0.4, -0.2) is 21.9 Å². The van der Waals surface area contributed by atoms with Crippen LogP contribution in [0.1, 0.15) is 0 Å². The fourth-order valence-corrected chi connectivity index (χ4v) is 0. The van der Waals surface area contributed by atoms with Gasteiger partial charge >= 0.3 is 0 Å². The number of rotatable bonds is 0. The zero-order valence-electron chi connectivity index (χ0n) is 2.41. The minimum absolute atomic E-state index is 0. The van der Waals surface area contributed by atoms with E-state index in [1.165, 1.54) is 0 Å². The Bertz CT molecular complexity index is 3.61. The summed E-state index contributed by atoms with van der Waals surface area (Å²) < 4.78 is 0. The zero-order chi connectivity index (χ0) is 0. The van der Waals surface area contributed by atoms with Crippen molar-refractivity contribution in [1.29, 1.82) is 0 Å². The van der Waals surface area contributed by atoms with Crippen LogP contribution >= 0.6 is 0 Å². The van der Waals surface area contributed by atoms with Crippen molar-refractivity contribution in [2.24, 2.45) is 0 Å². The van der Waals surface area contributed by atoms with E-state index in [4.69, 9.17) is 0 Å². The van der Waals surface area contributed by atoms with Crippen molar-refractivity contribution < 1.29 is 43.0 Å². The van der Waals surface area contributed by atoms with Crippen LogP contribution in [0.2, 0.25) is 0 Å². The second-order valence-corrected chi connectivity index (χ2v) is 0. The van der Waals surface area contributed by atoms with Crippen LogP contribution in [0.4, 0.5) is 0 Å². The third-order valence-electron chi connectivity index (χ3n) is 0. The molecule has 0 saturated heterocycles. The molecular weight excluding hydrogens is 160 g/mol. The average Bonchev–Trinajstić information content (AvgIpc) is 0. The van der Waals surface area contributed by atoms with Crippen LogP contribution in [0.15, 0.2) is 0 Å². The summed E-state index contributed by atoms with van der Waals surface area (Å²) in [6.45, 7) is 0. The molecule has 0 spiro atoms. The van der Waals surface area contributed by atoms with E-state index in [0.717, 1.165) is 0 Å². The molecule has 0 aliphatic heterocycles. The van der Waals surface area contributed by atoms with Gasteiger partial charge in [0.05, 0.1) is 0 Å². The molecular formula is H8MoO4. The van der Waals surface area contributed by atoms with Crippen LogP contribution in [-0.2, 0) is 21.1 Å². The molecule has 5 heavy (non-hydrogen) atoms. The van der Waals surface area contributed by atoms with Gasteiger partial charge in [-0.1, -0.05) is 0 Å². The Kier molecular flexibility index (Phi) is 16400. The minimum atomic E-state index is 0. The molecule has 0 aliphatic rings. The first kappa shape index (κ1) is 406. The van der Waals surface area contributed by atoms with Crippen molar-refractivity contribution in [1.82, 2.24) is 0 Å². The molecule has 0 radical (unpaired) electrons. The van der Waals surface area contributed by atoms with Gasteiger partial charge in [0, 0.05) is 21.1 Å². The molecule has 0 saturated carbocycles.